The maximum atomic E-state index is 12.4. The first-order valence-corrected chi connectivity index (χ1v) is 7.10. The van der Waals surface area contributed by atoms with Gasteiger partial charge >= 0.3 is 5.97 Å². The molecule has 3 N–H and O–H groups in total. The zero-order valence-electron chi connectivity index (χ0n) is 9.72. The highest BCUT2D eigenvalue weighted by atomic mass is 32.2. The van der Waals surface area contributed by atoms with Crippen molar-refractivity contribution >= 4 is 23.6 Å². The molecule has 1 saturated heterocycles. The summed E-state index contributed by atoms with van der Waals surface area (Å²) in [6.45, 7) is 0. The van der Waals surface area contributed by atoms with Crippen LogP contribution in [-0.2, 0) is 9.59 Å². The normalized spacial score (nSPS) is 28.1. The molecule has 1 amide bonds. The molecule has 1 heterocycles. The van der Waals surface area contributed by atoms with Crippen LogP contribution in [0.15, 0.2) is 0 Å². The Hall–Kier alpha value is -0.750. The summed E-state index contributed by atoms with van der Waals surface area (Å²) in [5, 5.41) is 9.07. The van der Waals surface area contributed by atoms with Gasteiger partial charge in [0, 0.05) is 5.75 Å². The number of carbonyl (C=O) groups is 2. The van der Waals surface area contributed by atoms with Crippen LogP contribution in [0.3, 0.4) is 0 Å². The van der Waals surface area contributed by atoms with E-state index in [1.54, 1.807) is 0 Å². The quantitative estimate of drug-likeness (QED) is 0.759. The van der Waals surface area contributed by atoms with Crippen LogP contribution in [0.25, 0.3) is 0 Å². The average Bonchev–Trinajstić information content (AvgIpc) is 2.77. The van der Waals surface area contributed by atoms with Gasteiger partial charge in [0.15, 0.2) is 0 Å². The van der Waals surface area contributed by atoms with Crippen molar-refractivity contribution in [2.24, 2.45) is 5.73 Å². The third kappa shape index (κ3) is 2.42. The van der Waals surface area contributed by atoms with E-state index in [9.17, 15) is 9.59 Å². The number of nitrogens with two attached hydrogens (primary N) is 1. The van der Waals surface area contributed by atoms with E-state index < -0.39 is 17.6 Å². The molecule has 2 fully saturated rings. The largest absolute Gasteiger partial charge is 0.480 e. The first kappa shape index (κ1) is 12.7. The number of nitrogens with zero attached hydrogens (tertiary/aromatic N) is 1. The zero-order valence-corrected chi connectivity index (χ0v) is 10.5. The highest BCUT2D eigenvalue weighted by molar-refractivity contribution is 7.99. The van der Waals surface area contributed by atoms with E-state index in [1.165, 1.54) is 16.7 Å². The summed E-state index contributed by atoms with van der Waals surface area (Å²) in [4.78, 5) is 24.9. The van der Waals surface area contributed by atoms with Crippen molar-refractivity contribution in [1.82, 2.24) is 4.90 Å². The van der Waals surface area contributed by atoms with Gasteiger partial charge in [0.1, 0.15) is 6.04 Å². The average molecular weight is 258 g/mol. The molecule has 1 aliphatic heterocycles. The van der Waals surface area contributed by atoms with Gasteiger partial charge in [-0.1, -0.05) is 19.3 Å². The summed E-state index contributed by atoms with van der Waals surface area (Å²) in [6, 6.07) is -0.699. The third-order valence-electron chi connectivity index (χ3n) is 3.60. The molecule has 2 rings (SSSR count). The molecule has 0 unspecified atom stereocenters. The van der Waals surface area contributed by atoms with E-state index >= 15 is 0 Å². The molecule has 0 spiro atoms. The van der Waals surface area contributed by atoms with Crippen molar-refractivity contribution in [3.63, 3.8) is 0 Å². The Labute approximate surface area is 105 Å². The number of carbonyl (C=O) groups excluding carboxylic acids is 1. The fourth-order valence-electron chi connectivity index (χ4n) is 2.53. The monoisotopic (exact) mass is 258 g/mol. The second-order valence-electron chi connectivity index (χ2n) is 4.85. The molecular weight excluding hydrogens is 240 g/mol. The van der Waals surface area contributed by atoms with Gasteiger partial charge in [0.25, 0.3) is 0 Å². The Bertz CT molecular complexity index is 329. The van der Waals surface area contributed by atoms with Crippen molar-refractivity contribution < 1.29 is 14.7 Å². The fraction of sp³-hybridized carbons (Fsp3) is 0.818. The molecule has 0 aromatic heterocycles. The first-order valence-electron chi connectivity index (χ1n) is 5.95. The van der Waals surface area contributed by atoms with E-state index in [-0.39, 0.29) is 5.91 Å². The van der Waals surface area contributed by atoms with Crippen molar-refractivity contribution in [2.75, 3.05) is 11.6 Å². The van der Waals surface area contributed by atoms with Gasteiger partial charge < -0.3 is 15.7 Å². The minimum atomic E-state index is -0.928. The van der Waals surface area contributed by atoms with Gasteiger partial charge in [0.2, 0.25) is 5.91 Å². The maximum absolute atomic E-state index is 12.4. The molecule has 1 saturated carbocycles. The molecule has 5 nitrogen and oxygen atoms in total. The van der Waals surface area contributed by atoms with Crippen molar-refractivity contribution in [1.29, 1.82) is 0 Å². The molecule has 6 heteroatoms. The lowest BCUT2D eigenvalue weighted by Crippen LogP contribution is -2.58. The van der Waals surface area contributed by atoms with Crippen LogP contribution in [0.4, 0.5) is 0 Å². The van der Waals surface area contributed by atoms with Crippen LogP contribution in [-0.4, -0.2) is 45.1 Å². The van der Waals surface area contributed by atoms with Crippen molar-refractivity contribution in [3.8, 4) is 0 Å². The van der Waals surface area contributed by atoms with E-state index in [2.05, 4.69) is 0 Å². The highest BCUT2D eigenvalue weighted by Gasteiger charge is 2.44. The minimum absolute atomic E-state index is 0.172. The Kier molecular flexibility index (Phi) is 3.63. The second-order valence-corrected chi connectivity index (χ2v) is 5.85. The molecule has 1 aliphatic carbocycles. The maximum Gasteiger partial charge on any atom is 0.327 e. The molecule has 0 aromatic carbocycles. The van der Waals surface area contributed by atoms with Crippen LogP contribution in [0.1, 0.15) is 32.1 Å². The number of carboxylic acid groups (broad SMARTS) is 1. The van der Waals surface area contributed by atoms with Crippen LogP contribution >= 0.6 is 11.8 Å². The number of carboxylic acids is 1. The van der Waals surface area contributed by atoms with Crippen LogP contribution < -0.4 is 5.73 Å². The molecule has 0 radical (unpaired) electrons. The van der Waals surface area contributed by atoms with Crippen molar-refractivity contribution in [2.45, 2.75) is 43.7 Å². The summed E-state index contributed by atoms with van der Waals surface area (Å²) in [7, 11) is 0. The van der Waals surface area contributed by atoms with Gasteiger partial charge in [-0.2, -0.15) is 0 Å². The smallest absolute Gasteiger partial charge is 0.327 e. The standard InChI is InChI=1S/C11H18N2O3S/c12-11(4-2-1-3-5-11)10(16)13-7-17-6-8(13)9(14)15/h8H,1-7,12H2,(H,14,15)/t8-/m0/s1. The molecule has 96 valence electrons. The van der Waals surface area contributed by atoms with E-state index in [0.29, 0.717) is 24.5 Å². The van der Waals surface area contributed by atoms with E-state index in [1.807, 2.05) is 0 Å². The van der Waals surface area contributed by atoms with Crippen LogP contribution in [0, 0.1) is 0 Å². The fourth-order valence-corrected chi connectivity index (χ4v) is 3.68. The number of hydrogen-bond donors (Lipinski definition) is 2. The van der Waals surface area contributed by atoms with Gasteiger partial charge in [-0.15, -0.1) is 11.8 Å². The van der Waals surface area contributed by atoms with Crippen molar-refractivity contribution in [3.05, 3.63) is 0 Å². The Morgan fingerprint density at radius 1 is 1.29 bits per heavy atom. The lowest BCUT2D eigenvalue weighted by atomic mass is 9.81. The summed E-state index contributed by atoms with van der Waals surface area (Å²) in [5.74, 6) is -0.177. The summed E-state index contributed by atoms with van der Waals surface area (Å²) >= 11 is 1.48. The lowest BCUT2D eigenvalue weighted by Gasteiger charge is -2.36. The highest BCUT2D eigenvalue weighted by Crippen LogP contribution is 2.31. The summed E-state index contributed by atoms with van der Waals surface area (Å²) < 4.78 is 0. The van der Waals surface area contributed by atoms with Gasteiger partial charge in [0.05, 0.1) is 11.4 Å². The molecule has 0 bridgehead atoms. The Morgan fingerprint density at radius 3 is 2.53 bits per heavy atom. The molecule has 17 heavy (non-hydrogen) atoms. The molecule has 2 aliphatic rings. The molecule has 1 atom stereocenters. The number of rotatable bonds is 2. The molecular formula is C11H18N2O3S. The van der Waals surface area contributed by atoms with E-state index in [4.69, 9.17) is 10.8 Å². The lowest BCUT2D eigenvalue weighted by molar-refractivity contribution is -0.150. The van der Waals surface area contributed by atoms with Gasteiger partial charge in [-0.3, -0.25) is 4.79 Å². The Balaban J connectivity index is 2.10. The van der Waals surface area contributed by atoms with Gasteiger partial charge in [-0.05, 0) is 12.8 Å². The zero-order chi connectivity index (χ0) is 12.5. The predicted octanol–water partition coefficient (Wildman–Crippen LogP) is 0.634. The number of amides is 1. The first-order chi connectivity index (χ1) is 8.04. The van der Waals surface area contributed by atoms with E-state index in [0.717, 1.165) is 19.3 Å². The topological polar surface area (TPSA) is 83.6 Å². The van der Waals surface area contributed by atoms with Crippen LogP contribution in [0.2, 0.25) is 0 Å². The second kappa shape index (κ2) is 4.86. The predicted molar refractivity (Wildman–Crippen MR) is 65.6 cm³/mol. The minimum Gasteiger partial charge on any atom is -0.480 e. The molecule has 0 aromatic rings. The SMILES string of the molecule is NC1(C(=O)N2CSC[C@H]2C(=O)O)CCCCC1. The number of aliphatic carboxylic acids is 1. The number of thioether (sulfide) groups is 1. The third-order valence-corrected chi connectivity index (χ3v) is 4.61. The summed E-state index contributed by atoms with van der Waals surface area (Å²) in [6.07, 6.45) is 4.39. The Morgan fingerprint density at radius 2 is 1.94 bits per heavy atom. The number of hydrogen-bond acceptors (Lipinski definition) is 4. The van der Waals surface area contributed by atoms with Gasteiger partial charge in [-0.25, -0.2) is 4.79 Å². The van der Waals surface area contributed by atoms with Crippen LogP contribution in [0.5, 0.6) is 0 Å². The summed E-state index contributed by atoms with van der Waals surface area (Å²) in [5.41, 5.74) is 5.33.